The molecule has 0 aromatic carbocycles. The maximum atomic E-state index is 2.37. The Labute approximate surface area is 62.6 Å². The molecule has 0 heterocycles. The molecule has 54 valence electrons. The Hall–Kier alpha value is -0.520. The van der Waals surface area contributed by atoms with Crippen LogP contribution in [-0.2, 0) is 0 Å². The van der Waals surface area contributed by atoms with Gasteiger partial charge in [-0.25, -0.2) is 0 Å². The summed E-state index contributed by atoms with van der Waals surface area (Å²) < 4.78 is 0. The summed E-state index contributed by atoms with van der Waals surface area (Å²) in [6, 6.07) is 0. The van der Waals surface area contributed by atoms with Gasteiger partial charge in [0.15, 0.2) is 0 Å². The molecule has 1 fully saturated rings. The summed E-state index contributed by atoms with van der Waals surface area (Å²) in [5.41, 5.74) is 0. The Kier molecular flexibility index (Phi) is 1.62. The predicted octanol–water partition coefficient (Wildman–Crippen LogP) is 2.92. The Bertz CT molecular complexity index is 137. The summed E-state index contributed by atoms with van der Waals surface area (Å²) in [6.45, 7) is 0. The maximum Gasteiger partial charge on any atom is -0.0230 e. The van der Waals surface area contributed by atoms with Crippen LogP contribution in [0.3, 0.4) is 0 Å². The Balaban J connectivity index is 2.17. The number of hydrogen-bond donors (Lipinski definition) is 0. The summed E-state index contributed by atoms with van der Waals surface area (Å²) in [5.74, 6) is 1.81. The molecule has 3 aliphatic carbocycles. The summed E-state index contributed by atoms with van der Waals surface area (Å²) in [7, 11) is 0. The van der Waals surface area contributed by atoms with E-state index in [0.717, 1.165) is 11.8 Å². The minimum absolute atomic E-state index is 0.904. The normalized spacial score (nSPS) is 37.6. The number of allylic oxidation sites excluding steroid dienone is 4. The van der Waals surface area contributed by atoms with E-state index in [0.29, 0.717) is 0 Å². The second kappa shape index (κ2) is 2.61. The molecule has 0 unspecified atom stereocenters. The Morgan fingerprint density at radius 2 is 1.10 bits per heavy atom. The molecule has 0 aromatic heterocycles. The van der Waals surface area contributed by atoms with Gasteiger partial charge in [0.2, 0.25) is 0 Å². The molecular weight excluding hydrogens is 120 g/mol. The zero-order valence-electron chi connectivity index (χ0n) is 6.29. The van der Waals surface area contributed by atoms with Crippen molar-refractivity contribution in [2.45, 2.75) is 25.7 Å². The van der Waals surface area contributed by atoms with Crippen LogP contribution in [0, 0.1) is 11.8 Å². The number of hydrogen-bond acceptors (Lipinski definition) is 0. The minimum atomic E-state index is 0.904. The highest BCUT2D eigenvalue weighted by Crippen LogP contribution is 2.31. The third-order valence-electron chi connectivity index (χ3n) is 2.69. The number of fused-ring (bicyclic) bond motifs is 3. The third kappa shape index (κ3) is 1.16. The van der Waals surface area contributed by atoms with E-state index >= 15 is 0 Å². The van der Waals surface area contributed by atoms with Crippen molar-refractivity contribution in [2.75, 3.05) is 0 Å². The first-order valence-corrected chi connectivity index (χ1v) is 4.30. The molecule has 0 saturated heterocycles. The fourth-order valence-corrected chi connectivity index (χ4v) is 1.97. The van der Waals surface area contributed by atoms with Gasteiger partial charge in [-0.15, -0.1) is 0 Å². The molecular formula is C10H14. The largest absolute Gasteiger partial charge is 0.0814 e. The lowest BCUT2D eigenvalue weighted by Crippen LogP contribution is -2.12. The first kappa shape index (κ1) is 6.21. The molecule has 0 heteroatoms. The van der Waals surface area contributed by atoms with Crippen molar-refractivity contribution < 1.29 is 0 Å². The SMILES string of the molecule is C1=CC2CCC(C=C1)CC2. The van der Waals surface area contributed by atoms with Crippen LogP contribution in [0.4, 0.5) is 0 Å². The Morgan fingerprint density at radius 3 is 1.50 bits per heavy atom. The molecule has 0 amide bonds. The second-order valence-electron chi connectivity index (χ2n) is 3.44. The fraction of sp³-hybridized carbons (Fsp3) is 0.600. The molecule has 1 saturated carbocycles. The van der Waals surface area contributed by atoms with Gasteiger partial charge in [0.05, 0.1) is 0 Å². The summed E-state index contributed by atoms with van der Waals surface area (Å²) in [5, 5.41) is 0. The van der Waals surface area contributed by atoms with Crippen molar-refractivity contribution in [2.24, 2.45) is 11.8 Å². The molecule has 0 spiro atoms. The van der Waals surface area contributed by atoms with Gasteiger partial charge < -0.3 is 0 Å². The lowest BCUT2D eigenvalue weighted by atomic mass is 9.80. The van der Waals surface area contributed by atoms with Crippen LogP contribution in [0.1, 0.15) is 25.7 Å². The second-order valence-corrected chi connectivity index (χ2v) is 3.44. The van der Waals surface area contributed by atoms with Crippen LogP contribution in [0.5, 0.6) is 0 Å². The van der Waals surface area contributed by atoms with E-state index in [2.05, 4.69) is 24.3 Å². The highest BCUT2D eigenvalue weighted by Gasteiger charge is 2.17. The molecule has 10 heavy (non-hydrogen) atoms. The zero-order chi connectivity index (χ0) is 6.81. The van der Waals surface area contributed by atoms with E-state index in [-0.39, 0.29) is 0 Å². The third-order valence-corrected chi connectivity index (χ3v) is 2.69. The van der Waals surface area contributed by atoms with Crippen LogP contribution in [0.15, 0.2) is 24.3 Å². The van der Waals surface area contributed by atoms with Gasteiger partial charge in [-0.05, 0) is 37.5 Å². The highest BCUT2D eigenvalue weighted by molar-refractivity contribution is 5.10. The lowest BCUT2D eigenvalue weighted by Gasteiger charge is -2.25. The smallest absolute Gasteiger partial charge is 0.0230 e. The van der Waals surface area contributed by atoms with Crippen LogP contribution in [0.2, 0.25) is 0 Å². The molecule has 0 N–H and O–H groups in total. The van der Waals surface area contributed by atoms with Crippen LogP contribution < -0.4 is 0 Å². The molecule has 3 aliphatic rings. The van der Waals surface area contributed by atoms with Gasteiger partial charge in [-0.3, -0.25) is 0 Å². The fourth-order valence-electron chi connectivity index (χ4n) is 1.97. The molecule has 3 rings (SSSR count). The quantitative estimate of drug-likeness (QED) is 0.478. The van der Waals surface area contributed by atoms with Gasteiger partial charge in [0, 0.05) is 0 Å². The van der Waals surface area contributed by atoms with E-state index in [1.807, 2.05) is 0 Å². The van der Waals surface area contributed by atoms with E-state index in [1.165, 1.54) is 25.7 Å². The first-order valence-electron chi connectivity index (χ1n) is 4.30. The summed E-state index contributed by atoms with van der Waals surface area (Å²) >= 11 is 0. The van der Waals surface area contributed by atoms with E-state index < -0.39 is 0 Å². The van der Waals surface area contributed by atoms with Gasteiger partial charge >= 0.3 is 0 Å². The highest BCUT2D eigenvalue weighted by atomic mass is 14.2. The van der Waals surface area contributed by atoms with Gasteiger partial charge in [-0.1, -0.05) is 24.3 Å². The van der Waals surface area contributed by atoms with Gasteiger partial charge in [0.1, 0.15) is 0 Å². The standard InChI is InChI=1S/C10H14/c1-2-4-10-7-5-9(3-1)6-8-10/h1-4,9-10H,5-8H2. The van der Waals surface area contributed by atoms with E-state index in [9.17, 15) is 0 Å². The van der Waals surface area contributed by atoms with Gasteiger partial charge in [0.25, 0.3) is 0 Å². The maximum absolute atomic E-state index is 2.37. The molecule has 0 aromatic rings. The van der Waals surface area contributed by atoms with Crippen molar-refractivity contribution >= 4 is 0 Å². The zero-order valence-corrected chi connectivity index (χ0v) is 6.29. The van der Waals surface area contributed by atoms with Crippen LogP contribution in [0.25, 0.3) is 0 Å². The van der Waals surface area contributed by atoms with Crippen molar-refractivity contribution in [1.82, 2.24) is 0 Å². The van der Waals surface area contributed by atoms with E-state index in [4.69, 9.17) is 0 Å². The lowest BCUT2D eigenvalue weighted by molar-refractivity contribution is 0.354. The van der Waals surface area contributed by atoms with Gasteiger partial charge in [-0.2, -0.15) is 0 Å². The average molecular weight is 134 g/mol. The molecule has 2 bridgehead atoms. The summed E-state index contributed by atoms with van der Waals surface area (Å²) in [6.07, 6.45) is 14.9. The summed E-state index contributed by atoms with van der Waals surface area (Å²) in [4.78, 5) is 0. The molecule has 0 nitrogen and oxygen atoms in total. The van der Waals surface area contributed by atoms with E-state index in [1.54, 1.807) is 0 Å². The predicted molar refractivity (Wildman–Crippen MR) is 43.7 cm³/mol. The monoisotopic (exact) mass is 134 g/mol. The van der Waals surface area contributed by atoms with Crippen molar-refractivity contribution in [3.05, 3.63) is 24.3 Å². The minimum Gasteiger partial charge on any atom is -0.0814 e. The van der Waals surface area contributed by atoms with Crippen molar-refractivity contribution in [1.29, 1.82) is 0 Å². The van der Waals surface area contributed by atoms with Crippen molar-refractivity contribution in [3.63, 3.8) is 0 Å². The molecule has 0 atom stereocenters. The molecule has 0 radical (unpaired) electrons. The average Bonchev–Trinajstić information content (AvgIpc) is 1.89. The first-order chi connectivity index (χ1) is 4.95. The molecule has 0 aliphatic heterocycles. The topological polar surface area (TPSA) is 0 Å². The Morgan fingerprint density at radius 1 is 0.700 bits per heavy atom. The number of rotatable bonds is 0. The van der Waals surface area contributed by atoms with Crippen molar-refractivity contribution in [3.8, 4) is 0 Å². The van der Waals surface area contributed by atoms with Crippen LogP contribution in [-0.4, -0.2) is 0 Å². The van der Waals surface area contributed by atoms with Crippen LogP contribution >= 0.6 is 0 Å².